The first kappa shape index (κ1) is 14.2. The van der Waals surface area contributed by atoms with Crippen LogP contribution in [0, 0.1) is 0 Å². The minimum Gasteiger partial charge on any atom is -0.464 e. The van der Waals surface area contributed by atoms with Crippen molar-refractivity contribution in [1.82, 2.24) is 14.9 Å². The van der Waals surface area contributed by atoms with Gasteiger partial charge in [-0.05, 0) is 6.92 Å². The van der Waals surface area contributed by atoms with Crippen LogP contribution in [0.25, 0.3) is 0 Å². The van der Waals surface area contributed by atoms with Gasteiger partial charge in [0.05, 0.1) is 19.8 Å². The largest absolute Gasteiger partial charge is 0.464 e. The number of rotatable bonds is 2. The second kappa shape index (κ2) is 5.95. The van der Waals surface area contributed by atoms with E-state index in [1.807, 2.05) is 4.90 Å². The van der Waals surface area contributed by atoms with Gasteiger partial charge in [-0.25, -0.2) is 19.8 Å². The van der Waals surface area contributed by atoms with Crippen LogP contribution in [0.5, 0.6) is 0 Å². The van der Waals surface area contributed by atoms with Crippen LogP contribution in [-0.2, 0) is 20.7 Å². The summed E-state index contributed by atoms with van der Waals surface area (Å²) in [5.41, 5.74) is 0.827. The molecule has 1 unspecified atom stereocenters. The smallest absolute Gasteiger partial charge is 0.337 e. The standard InChI is InChI=1S/C13H15ClN4O3/c1-2-20-13(19)9-6-18(3-4-21-9)10-5-8-11(14)15-7-16-12(8)17-10/h7,9H,2-6H2,1H3. The van der Waals surface area contributed by atoms with Gasteiger partial charge in [0, 0.05) is 18.5 Å². The van der Waals surface area contributed by atoms with Crippen molar-refractivity contribution in [2.24, 2.45) is 4.99 Å². The van der Waals surface area contributed by atoms with E-state index >= 15 is 0 Å². The summed E-state index contributed by atoms with van der Waals surface area (Å²) in [5, 5.41) is 0.425. The zero-order chi connectivity index (χ0) is 14.8. The second-order valence-electron chi connectivity index (χ2n) is 4.73. The van der Waals surface area contributed by atoms with Gasteiger partial charge >= 0.3 is 5.97 Å². The first-order valence-corrected chi connectivity index (χ1v) is 7.17. The van der Waals surface area contributed by atoms with Gasteiger partial charge in [0.1, 0.15) is 17.3 Å². The van der Waals surface area contributed by atoms with E-state index in [2.05, 4.69) is 15.0 Å². The number of morpholine rings is 1. The molecule has 0 amide bonds. The quantitative estimate of drug-likeness (QED) is 0.598. The van der Waals surface area contributed by atoms with Crippen LogP contribution in [0.3, 0.4) is 0 Å². The Morgan fingerprint density at radius 1 is 1.57 bits per heavy atom. The van der Waals surface area contributed by atoms with E-state index in [1.54, 1.807) is 6.92 Å². The summed E-state index contributed by atoms with van der Waals surface area (Å²) in [4.78, 5) is 26.3. The highest BCUT2D eigenvalue weighted by Crippen LogP contribution is 2.30. The summed E-state index contributed by atoms with van der Waals surface area (Å²) in [7, 11) is 0. The Balaban J connectivity index is 1.71. The van der Waals surface area contributed by atoms with Gasteiger partial charge in [0.2, 0.25) is 0 Å². The molecular formula is C13H15ClN4O3. The number of hydrogen-bond donors (Lipinski definition) is 0. The summed E-state index contributed by atoms with van der Waals surface area (Å²) < 4.78 is 10.5. The van der Waals surface area contributed by atoms with Crippen LogP contribution in [0.2, 0.25) is 5.15 Å². The third-order valence-corrected chi connectivity index (χ3v) is 3.75. The van der Waals surface area contributed by atoms with Crippen LogP contribution >= 0.6 is 11.6 Å². The normalized spacial score (nSPS) is 21.0. The molecule has 0 radical (unpaired) electrons. The molecule has 0 aromatic carbocycles. The van der Waals surface area contributed by atoms with Gasteiger partial charge in [-0.1, -0.05) is 11.6 Å². The number of carbonyl (C=O) groups excluding carboxylic acids is 1. The molecule has 0 spiro atoms. The molecule has 7 nitrogen and oxygen atoms in total. The Hall–Kier alpha value is -1.73. The lowest BCUT2D eigenvalue weighted by Crippen LogP contribution is -2.49. The van der Waals surface area contributed by atoms with E-state index in [0.29, 0.717) is 43.7 Å². The Bertz CT molecular complexity index is 593. The van der Waals surface area contributed by atoms with E-state index in [-0.39, 0.29) is 5.97 Å². The SMILES string of the molecule is CCOC(=O)C1CN(C2=Nc3ncnc(Cl)c3C2)CCO1. The van der Waals surface area contributed by atoms with Gasteiger partial charge in [0.15, 0.2) is 11.9 Å². The van der Waals surface area contributed by atoms with Gasteiger partial charge in [0.25, 0.3) is 0 Å². The first-order chi connectivity index (χ1) is 10.2. The monoisotopic (exact) mass is 310 g/mol. The molecule has 112 valence electrons. The molecule has 0 aliphatic carbocycles. The van der Waals surface area contributed by atoms with Crippen molar-refractivity contribution in [2.75, 3.05) is 26.3 Å². The van der Waals surface area contributed by atoms with Gasteiger partial charge in [-0.15, -0.1) is 0 Å². The summed E-state index contributed by atoms with van der Waals surface area (Å²) in [5.74, 6) is 1.10. The predicted octanol–water partition coefficient (Wildman–Crippen LogP) is 0.980. The summed E-state index contributed by atoms with van der Waals surface area (Å²) in [6, 6.07) is 0. The zero-order valence-electron chi connectivity index (χ0n) is 11.6. The topological polar surface area (TPSA) is 76.9 Å². The first-order valence-electron chi connectivity index (χ1n) is 6.79. The lowest BCUT2D eigenvalue weighted by molar-refractivity contribution is -0.160. The van der Waals surface area contributed by atoms with Crippen LogP contribution in [0.1, 0.15) is 12.5 Å². The van der Waals surface area contributed by atoms with Crippen LogP contribution in [-0.4, -0.2) is 59.1 Å². The lowest BCUT2D eigenvalue weighted by atomic mass is 10.2. The van der Waals surface area contributed by atoms with E-state index in [1.165, 1.54) is 6.33 Å². The second-order valence-corrected chi connectivity index (χ2v) is 5.09. The van der Waals surface area contributed by atoms with E-state index < -0.39 is 6.10 Å². The Kier molecular flexibility index (Phi) is 4.03. The van der Waals surface area contributed by atoms with Crippen molar-refractivity contribution in [3.8, 4) is 0 Å². The van der Waals surface area contributed by atoms with Crippen molar-refractivity contribution in [2.45, 2.75) is 19.4 Å². The number of esters is 1. The van der Waals surface area contributed by atoms with Crippen LogP contribution in [0.15, 0.2) is 11.3 Å². The van der Waals surface area contributed by atoms with E-state index in [4.69, 9.17) is 21.1 Å². The minimum absolute atomic E-state index is 0.337. The molecule has 2 aliphatic heterocycles. The molecule has 0 N–H and O–H groups in total. The lowest BCUT2D eigenvalue weighted by Gasteiger charge is -2.32. The number of halogens is 1. The Morgan fingerprint density at radius 2 is 2.43 bits per heavy atom. The molecule has 0 bridgehead atoms. The number of aliphatic imine (C=N–C) groups is 1. The van der Waals surface area contributed by atoms with Crippen LogP contribution in [0.4, 0.5) is 5.82 Å². The third kappa shape index (κ3) is 2.84. The molecule has 3 heterocycles. The maximum Gasteiger partial charge on any atom is 0.337 e. The maximum atomic E-state index is 11.8. The molecule has 0 saturated carbocycles. The van der Waals surface area contributed by atoms with Gasteiger partial charge < -0.3 is 14.4 Å². The minimum atomic E-state index is -0.577. The fourth-order valence-corrected chi connectivity index (χ4v) is 2.59. The van der Waals surface area contributed by atoms with Gasteiger partial charge in [-0.3, -0.25) is 0 Å². The van der Waals surface area contributed by atoms with Gasteiger partial charge in [-0.2, -0.15) is 0 Å². The number of fused-ring (bicyclic) bond motifs is 1. The Labute approximate surface area is 126 Å². The average molecular weight is 311 g/mol. The van der Waals surface area contributed by atoms with Crippen molar-refractivity contribution in [3.63, 3.8) is 0 Å². The summed E-state index contributed by atoms with van der Waals surface area (Å²) in [6.07, 6.45) is 1.39. The number of ether oxygens (including phenoxy) is 2. The fourth-order valence-electron chi connectivity index (χ4n) is 2.39. The number of carbonyl (C=O) groups is 1. The van der Waals surface area contributed by atoms with Crippen molar-refractivity contribution >= 4 is 29.2 Å². The summed E-state index contributed by atoms with van der Waals surface area (Å²) in [6.45, 7) is 3.68. The maximum absolute atomic E-state index is 11.8. The highest BCUT2D eigenvalue weighted by Gasteiger charge is 2.32. The van der Waals surface area contributed by atoms with Crippen molar-refractivity contribution < 1.29 is 14.3 Å². The van der Waals surface area contributed by atoms with Crippen molar-refractivity contribution in [3.05, 3.63) is 17.0 Å². The molecule has 2 aliphatic rings. The number of amidine groups is 1. The molecular weight excluding hydrogens is 296 g/mol. The third-order valence-electron chi connectivity index (χ3n) is 3.42. The van der Waals surface area contributed by atoms with E-state index in [9.17, 15) is 4.79 Å². The molecule has 1 aromatic heterocycles. The van der Waals surface area contributed by atoms with Crippen LogP contribution < -0.4 is 0 Å². The Morgan fingerprint density at radius 3 is 3.19 bits per heavy atom. The number of aromatic nitrogens is 2. The van der Waals surface area contributed by atoms with E-state index in [0.717, 1.165) is 11.4 Å². The molecule has 1 saturated heterocycles. The molecule has 3 rings (SSSR count). The van der Waals surface area contributed by atoms with Crippen molar-refractivity contribution in [1.29, 1.82) is 0 Å². The highest BCUT2D eigenvalue weighted by molar-refractivity contribution is 6.30. The average Bonchev–Trinajstić information content (AvgIpc) is 2.93. The highest BCUT2D eigenvalue weighted by atomic mass is 35.5. The molecule has 8 heteroatoms. The molecule has 1 fully saturated rings. The fraction of sp³-hybridized carbons (Fsp3) is 0.538. The number of nitrogens with zero attached hydrogens (tertiary/aromatic N) is 4. The summed E-state index contributed by atoms with van der Waals surface area (Å²) >= 11 is 6.05. The molecule has 21 heavy (non-hydrogen) atoms. The predicted molar refractivity (Wildman–Crippen MR) is 75.8 cm³/mol. The zero-order valence-corrected chi connectivity index (χ0v) is 12.3. The molecule has 1 aromatic rings. The molecule has 1 atom stereocenters. The number of hydrogen-bond acceptors (Lipinski definition) is 7.